The number of hydrogen-bond donors (Lipinski definition) is 5. The zero-order valence-electron chi connectivity index (χ0n) is 15.1. The number of rotatable bonds is 10. The predicted molar refractivity (Wildman–Crippen MR) is 106 cm³/mol. The molecule has 0 fully saturated rings. The van der Waals surface area contributed by atoms with Gasteiger partial charge in [-0.25, -0.2) is 8.42 Å². The number of carbonyl (C=O) groups is 3. The highest BCUT2D eigenvalue weighted by Crippen LogP contribution is 2.16. The van der Waals surface area contributed by atoms with Crippen molar-refractivity contribution in [2.45, 2.75) is 10.9 Å². The van der Waals surface area contributed by atoms with Gasteiger partial charge < -0.3 is 21.5 Å². The van der Waals surface area contributed by atoms with Crippen molar-refractivity contribution >= 4 is 39.1 Å². The lowest BCUT2D eigenvalue weighted by atomic mass is 10.3. The molecule has 1 unspecified atom stereocenters. The Kier molecular flexibility index (Phi) is 7.84. The highest BCUT2D eigenvalue weighted by Gasteiger charge is 2.26. The first-order valence-corrected chi connectivity index (χ1v) is 10.7. The molecule has 2 rings (SSSR count). The van der Waals surface area contributed by atoms with Crippen LogP contribution in [-0.4, -0.2) is 57.0 Å². The van der Waals surface area contributed by atoms with Gasteiger partial charge in [0, 0.05) is 19.6 Å². The van der Waals surface area contributed by atoms with Crippen LogP contribution in [0.5, 0.6) is 0 Å². The van der Waals surface area contributed by atoms with Crippen LogP contribution in [0.15, 0.2) is 47.4 Å². The molecule has 0 aliphatic rings. The summed E-state index contributed by atoms with van der Waals surface area (Å²) in [7, 11) is -4.08. The summed E-state index contributed by atoms with van der Waals surface area (Å²) in [5, 5.41) is 14.2. The standard InChI is InChI=1S/C17H20N4O6S2/c18-8-9-19-15(22)13-6-7-14(28-13)16(23)20-10-12(17(24)25)21-29(26,27)11-4-2-1-3-5-11/h1-7,12,21H,8-10,18H2,(H,19,22)(H,20,23)(H,24,25). The maximum atomic E-state index is 12.3. The fourth-order valence-electron chi connectivity index (χ4n) is 2.17. The molecule has 0 spiro atoms. The van der Waals surface area contributed by atoms with Crippen molar-refractivity contribution < 1.29 is 27.9 Å². The zero-order chi connectivity index (χ0) is 21.4. The second-order valence-electron chi connectivity index (χ2n) is 5.74. The number of benzene rings is 1. The van der Waals surface area contributed by atoms with Gasteiger partial charge in [0.2, 0.25) is 10.0 Å². The smallest absolute Gasteiger partial charge is 0.323 e. The zero-order valence-corrected chi connectivity index (χ0v) is 16.8. The summed E-state index contributed by atoms with van der Waals surface area (Å²) in [4.78, 5) is 35.9. The van der Waals surface area contributed by atoms with E-state index < -0.39 is 34.5 Å². The Hall–Kier alpha value is -2.80. The number of carboxylic acids is 1. The van der Waals surface area contributed by atoms with E-state index in [2.05, 4.69) is 10.6 Å². The van der Waals surface area contributed by atoms with Gasteiger partial charge in [-0.05, 0) is 24.3 Å². The van der Waals surface area contributed by atoms with E-state index in [1.165, 1.54) is 36.4 Å². The van der Waals surface area contributed by atoms with Gasteiger partial charge in [-0.15, -0.1) is 11.3 Å². The molecule has 29 heavy (non-hydrogen) atoms. The predicted octanol–water partition coefficient (Wildman–Crippen LogP) is -0.402. The number of carboxylic acid groups (broad SMARTS) is 1. The monoisotopic (exact) mass is 440 g/mol. The second kappa shape index (κ2) is 10.1. The quantitative estimate of drug-likeness (QED) is 0.335. The summed E-state index contributed by atoms with van der Waals surface area (Å²) in [6, 6.07) is 8.58. The lowest BCUT2D eigenvalue weighted by molar-refractivity contribution is -0.138. The van der Waals surface area contributed by atoms with E-state index >= 15 is 0 Å². The summed E-state index contributed by atoms with van der Waals surface area (Å²) >= 11 is 0.919. The van der Waals surface area contributed by atoms with E-state index in [0.717, 1.165) is 11.3 Å². The fraction of sp³-hybridized carbons (Fsp3) is 0.235. The van der Waals surface area contributed by atoms with Gasteiger partial charge in [0.05, 0.1) is 14.6 Å². The van der Waals surface area contributed by atoms with Crippen LogP contribution in [0.2, 0.25) is 0 Å². The van der Waals surface area contributed by atoms with Gasteiger partial charge in [-0.1, -0.05) is 18.2 Å². The molecule has 156 valence electrons. The minimum Gasteiger partial charge on any atom is -0.480 e. The number of nitrogens with one attached hydrogen (secondary N) is 3. The third-order valence-electron chi connectivity index (χ3n) is 3.60. The molecule has 6 N–H and O–H groups in total. The molecule has 2 aromatic rings. The Morgan fingerprint density at radius 3 is 2.14 bits per heavy atom. The van der Waals surface area contributed by atoms with Crippen LogP contribution in [0.3, 0.4) is 0 Å². The van der Waals surface area contributed by atoms with Crippen LogP contribution in [0.25, 0.3) is 0 Å². The van der Waals surface area contributed by atoms with E-state index in [9.17, 15) is 27.9 Å². The second-order valence-corrected chi connectivity index (χ2v) is 8.54. The molecular weight excluding hydrogens is 420 g/mol. The molecule has 1 atom stereocenters. The lowest BCUT2D eigenvalue weighted by Gasteiger charge is -2.15. The maximum Gasteiger partial charge on any atom is 0.323 e. The molecule has 1 aromatic carbocycles. The SMILES string of the molecule is NCCNC(=O)c1ccc(C(=O)NCC(NS(=O)(=O)c2ccccc2)C(=O)O)s1. The Morgan fingerprint density at radius 1 is 1.00 bits per heavy atom. The van der Waals surface area contributed by atoms with Crippen LogP contribution in [0, 0.1) is 0 Å². The summed E-state index contributed by atoms with van der Waals surface area (Å²) in [6.07, 6.45) is 0. The number of nitrogens with two attached hydrogens (primary N) is 1. The summed E-state index contributed by atoms with van der Waals surface area (Å²) in [5.41, 5.74) is 5.31. The van der Waals surface area contributed by atoms with Crippen molar-refractivity contribution in [3.63, 3.8) is 0 Å². The van der Waals surface area contributed by atoms with E-state index in [-0.39, 0.29) is 22.2 Å². The summed E-state index contributed by atoms with van der Waals surface area (Å²) in [6.45, 7) is 0.0901. The molecule has 0 aliphatic carbocycles. The molecule has 10 nitrogen and oxygen atoms in total. The number of amides is 2. The number of thiophene rings is 1. The maximum absolute atomic E-state index is 12.3. The number of aliphatic carboxylic acids is 1. The van der Waals surface area contributed by atoms with Crippen LogP contribution in [0.4, 0.5) is 0 Å². The Morgan fingerprint density at radius 2 is 1.59 bits per heavy atom. The summed E-state index contributed by atoms with van der Waals surface area (Å²) in [5.74, 6) is -2.45. The van der Waals surface area contributed by atoms with Gasteiger partial charge in [0.15, 0.2) is 0 Å². The van der Waals surface area contributed by atoms with Gasteiger partial charge in [0.1, 0.15) is 6.04 Å². The van der Waals surface area contributed by atoms with Crippen molar-refractivity contribution in [2.75, 3.05) is 19.6 Å². The number of sulfonamides is 1. The first-order valence-electron chi connectivity index (χ1n) is 8.41. The van der Waals surface area contributed by atoms with Crippen molar-refractivity contribution in [3.05, 3.63) is 52.2 Å². The molecule has 1 aromatic heterocycles. The Bertz CT molecular complexity index is 975. The Labute approximate surface area is 171 Å². The van der Waals surface area contributed by atoms with Crippen molar-refractivity contribution in [1.82, 2.24) is 15.4 Å². The molecule has 1 heterocycles. The highest BCUT2D eigenvalue weighted by atomic mass is 32.2. The molecule has 12 heteroatoms. The van der Waals surface area contributed by atoms with E-state index in [1.54, 1.807) is 6.07 Å². The first kappa shape index (κ1) is 22.5. The van der Waals surface area contributed by atoms with E-state index in [4.69, 9.17) is 5.73 Å². The Balaban J connectivity index is 2.00. The molecule has 2 amide bonds. The number of hydrogen-bond acceptors (Lipinski definition) is 7. The van der Waals surface area contributed by atoms with Crippen molar-refractivity contribution in [3.8, 4) is 0 Å². The first-order chi connectivity index (χ1) is 13.7. The molecular formula is C17H20N4O6S2. The highest BCUT2D eigenvalue weighted by molar-refractivity contribution is 7.89. The topological polar surface area (TPSA) is 168 Å². The van der Waals surface area contributed by atoms with E-state index in [1.807, 2.05) is 4.72 Å². The molecule has 0 saturated carbocycles. The van der Waals surface area contributed by atoms with E-state index in [0.29, 0.717) is 11.4 Å². The van der Waals surface area contributed by atoms with Crippen LogP contribution < -0.4 is 21.1 Å². The van der Waals surface area contributed by atoms with Crippen molar-refractivity contribution in [2.24, 2.45) is 5.73 Å². The van der Waals surface area contributed by atoms with Gasteiger partial charge in [0.25, 0.3) is 11.8 Å². The van der Waals surface area contributed by atoms with Crippen LogP contribution >= 0.6 is 11.3 Å². The average molecular weight is 441 g/mol. The van der Waals surface area contributed by atoms with Crippen molar-refractivity contribution in [1.29, 1.82) is 0 Å². The minimum absolute atomic E-state index is 0.0935. The normalized spacial score (nSPS) is 12.2. The molecule has 0 saturated heterocycles. The third-order valence-corrected chi connectivity index (χ3v) is 6.17. The van der Waals surface area contributed by atoms with Gasteiger partial charge in [-0.3, -0.25) is 14.4 Å². The summed E-state index contributed by atoms with van der Waals surface area (Å²) < 4.78 is 26.6. The largest absolute Gasteiger partial charge is 0.480 e. The fourth-order valence-corrected chi connectivity index (χ4v) is 4.22. The third kappa shape index (κ3) is 6.35. The molecule has 0 aliphatic heterocycles. The average Bonchev–Trinajstić information content (AvgIpc) is 3.20. The van der Waals surface area contributed by atoms with Crippen LogP contribution in [0.1, 0.15) is 19.3 Å². The molecule has 0 bridgehead atoms. The van der Waals surface area contributed by atoms with Crippen LogP contribution in [-0.2, 0) is 14.8 Å². The van der Waals surface area contributed by atoms with Gasteiger partial charge in [-0.2, -0.15) is 4.72 Å². The van der Waals surface area contributed by atoms with Gasteiger partial charge >= 0.3 is 5.97 Å². The number of carbonyl (C=O) groups excluding carboxylic acids is 2. The lowest BCUT2D eigenvalue weighted by Crippen LogP contribution is -2.48. The minimum atomic E-state index is -4.08. The molecule has 0 radical (unpaired) electrons.